The molecule has 15 heteroatoms. The number of thiazole rings is 1. The number of oxime groups is 1. The van der Waals surface area contributed by atoms with Gasteiger partial charge in [-0.25, -0.2) is 9.78 Å². The van der Waals surface area contributed by atoms with Crippen molar-refractivity contribution in [3.8, 4) is 0 Å². The third kappa shape index (κ3) is 3.42. The number of hydroxylamine groups is 2. The molecule has 2 atom stereocenters. The number of carboxylic acids is 1. The summed E-state index contributed by atoms with van der Waals surface area (Å²) in [7, 11) is 1.18. The molecule has 0 aromatic carbocycles. The Hall–Kier alpha value is -3.30. The number of nitrogens with one attached hydrogen (secondary N) is 1. The molecule has 2 fully saturated rings. The van der Waals surface area contributed by atoms with Gasteiger partial charge in [-0.1, -0.05) is 5.16 Å². The summed E-state index contributed by atoms with van der Waals surface area (Å²) < 4.78 is 4.85. The lowest BCUT2D eigenvalue weighted by Gasteiger charge is -2.32. The van der Waals surface area contributed by atoms with E-state index in [-0.39, 0.29) is 29.4 Å². The van der Waals surface area contributed by atoms with E-state index in [0.29, 0.717) is 5.06 Å². The van der Waals surface area contributed by atoms with Crippen molar-refractivity contribution in [1.29, 1.82) is 0 Å². The van der Waals surface area contributed by atoms with Gasteiger partial charge in [0.05, 0.1) is 13.0 Å². The van der Waals surface area contributed by atoms with Gasteiger partial charge in [0, 0.05) is 11.8 Å². The van der Waals surface area contributed by atoms with Crippen molar-refractivity contribution in [1.82, 2.24) is 15.4 Å². The second-order valence-electron chi connectivity index (χ2n) is 6.32. The van der Waals surface area contributed by atoms with Crippen LogP contribution in [0.5, 0.6) is 0 Å². The van der Waals surface area contributed by atoms with E-state index in [1.165, 1.54) is 12.5 Å². The average Bonchev–Trinajstić information content (AvgIpc) is 3.39. The summed E-state index contributed by atoms with van der Waals surface area (Å²) in [6, 6.07) is 0. The quantitative estimate of drug-likeness (QED) is 0.202. The zero-order valence-corrected chi connectivity index (χ0v) is 16.3. The first-order valence-corrected chi connectivity index (χ1v) is 9.26. The fraction of sp³-hybridized carbons (Fsp3) is 0.467. The molecule has 3 heterocycles. The summed E-state index contributed by atoms with van der Waals surface area (Å²) in [5.41, 5.74) is 0.802. The van der Waals surface area contributed by atoms with Crippen molar-refractivity contribution in [3.63, 3.8) is 0 Å². The minimum absolute atomic E-state index is 0.0555. The molecule has 30 heavy (non-hydrogen) atoms. The number of rotatable bonds is 7. The van der Waals surface area contributed by atoms with Crippen LogP contribution < -0.4 is 11.1 Å². The first-order chi connectivity index (χ1) is 14.2. The molecule has 0 spiro atoms. The van der Waals surface area contributed by atoms with Gasteiger partial charge in [0.25, 0.3) is 11.8 Å². The van der Waals surface area contributed by atoms with Gasteiger partial charge in [-0.2, -0.15) is 5.06 Å². The number of aliphatic hydroxyl groups excluding tert-OH is 1. The van der Waals surface area contributed by atoms with Gasteiger partial charge < -0.3 is 30.8 Å². The molecule has 1 unspecified atom stereocenters. The number of hydrogen-bond acceptors (Lipinski definition) is 12. The van der Waals surface area contributed by atoms with Crippen molar-refractivity contribution in [3.05, 3.63) is 11.1 Å². The van der Waals surface area contributed by atoms with E-state index in [0.717, 1.165) is 11.3 Å². The maximum Gasteiger partial charge on any atom is 0.372 e. The predicted molar refractivity (Wildman–Crippen MR) is 96.5 cm³/mol. The summed E-state index contributed by atoms with van der Waals surface area (Å²) in [6.07, 6.45) is -0.620. The largest absolute Gasteiger partial charge is 0.477 e. The topological polar surface area (TPSA) is 203 Å². The molecule has 5 N–H and O–H groups in total. The lowest BCUT2D eigenvalue weighted by molar-refractivity contribution is -0.256. The number of carboxylic acid groups (broad SMARTS) is 1. The van der Waals surface area contributed by atoms with E-state index in [1.54, 1.807) is 0 Å². The first kappa shape index (κ1) is 21.4. The second-order valence-corrected chi connectivity index (χ2v) is 7.21. The Morgan fingerprint density at radius 1 is 1.50 bits per heavy atom. The van der Waals surface area contributed by atoms with E-state index >= 15 is 0 Å². The minimum atomic E-state index is -2.40. The van der Waals surface area contributed by atoms with Crippen LogP contribution in [0.1, 0.15) is 18.5 Å². The summed E-state index contributed by atoms with van der Waals surface area (Å²) in [4.78, 5) is 62.7. The number of aliphatic carboxylic acids is 1. The number of nitrogen functional groups attached to an aromatic ring is 1. The molecule has 2 aliphatic heterocycles. The van der Waals surface area contributed by atoms with Gasteiger partial charge in [0.1, 0.15) is 19.4 Å². The summed E-state index contributed by atoms with van der Waals surface area (Å²) in [6.45, 7) is -1.57. The molecule has 3 rings (SSSR count). The van der Waals surface area contributed by atoms with Crippen LogP contribution in [-0.2, 0) is 33.6 Å². The smallest absolute Gasteiger partial charge is 0.372 e. The van der Waals surface area contributed by atoms with Crippen LogP contribution in [0.3, 0.4) is 0 Å². The zero-order valence-electron chi connectivity index (χ0n) is 15.5. The molecule has 0 aliphatic carbocycles. The summed E-state index contributed by atoms with van der Waals surface area (Å²) in [5.74, 6) is -4.57. The minimum Gasteiger partial charge on any atom is -0.477 e. The average molecular weight is 443 g/mol. The van der Waals surface area contributed by atoms with Crippen molar-refractivity contribution in [2.45, 2.75) is 24.1 Å². The van der Waals surface area contributed by atoms with Crippen LogP contribution in [0.2, 0.25) is 0 Å². The number of carbonyl (C=O) groups is 4. The number of nitrogens with zero attached hydrogens (tertiary/aromatic N) is 3. The number of ether oxygens (including phenoxy) is 1. The van der Waals surface area contributed by atoms with Crippen molar-refractivity contribution < 1.29 is 43.8 Å². The van der Waals surface area contributed by atoms with Gasteiger partial charge in [0.15, 0.2) is 16.4 Å². The number of aliphatic hydroxyl groups is 1. The number of hydrogen-bond donors (Lipinski definition) is 4. The van der Waals surface area contributed by atoms with E-state index in [9.17, 15) is 29.4 Å². The summed E-state index contributed by atoms with van der Waals surface area (Å²) in [5, 5.41) is 27.2. The van der Waals surface area contributed by atoms with E-state index < -0.39 is 48.2 Å². The maximum absolute atomic E-state index is 13.0. The first-order valence-electron chi connectivity index (χ1n) is 8.38. The summed E-state index contributed by atoms with van der Waals surface area (Å²) >= 11 is 1.03. The van der Waals surface area contributed by atoms with Gasteiger partial charge in [-0.05, 0) is 0 Å². The molecule has 2 amide bonds. The lowest BCUT2D eigenvalue weighted by Crippen LogP contribution is -2.63. The Labute approximate surface area is 172 Å². The zero-order chi connectivity index (χ0) is 22.1. The Morgan fingerprint density at radius 2 is 2.23 bits per heavy atom. The molecule has 0 radical (unpaired) electrons. The van der Waals surface area contributed by atoms with E-state index in [2.05, 4.69) is 20.3 Å². The van der Waals surface area contributed by atoms with Gasteiger partial charge in [0.2, 0.25) is 0 Å². The molecule has 2 aliphatic rings. The number of carbonyl (C=O) groups excluding carboxylic acids is 3. The number of nitrogens with two attached hydrogens (primary N) is 1. The highest BCUT2D eigenvalue weighted by Crippen LogP contribution is 2.36. The predicted octanol–water partition coefficient (Wildman–Crippen LogP) is -2.19. The maximum atomic E-state index is 13.0. The lowest BCUT2D eigenvalue weighted by atomic mass is 9.99. The van der Waals surface area contributed by atoms with Crippen LogP contribution in [0.25, 0.3) is 0 Å². The Kier molecular flexibility index (Phi) is 5.60. The second kappa shape index (κ2) is 7.85. The molecule has 14 nitrogen and oxygen atoms in total. The van der Waals surface area contributed by atoms with Gasteiger partial charge in [-0.15, -0.1) is 11.3 Å². The van der Waals surface area contributed by atoms with Crippen LogP contribution in [0, 0.1) is 0 Å². The molecule has 162 valence electrons. The number of aromatic nitrogens is 1. The molecular weight excluding hydrogens is 426 g/mol. The number of esters is 1. The van der Waals surface area contributed by atoms with E-state index in [4.69, 9.17) is 15.3 Å². The fourth-order valence-electron chi connectivity index (χ4n) is 2.91. The van der Waals surface area contributed by atoms with Crippen LogP contribution >= 0.6 is 11.3 Å². The third-order valence-corrected chi connectivity index (χ3v) is 5.11. The number of anilines is 1. The van der Waals surface area contributed by atoms with Gasteiger partial charge >= 0.3 is 17.7 Å². The van der Waals surface area contributed by atoms with Crippen LogP contribution in [0.15, 0.2) is 10.5 Å². The van der Waals surface area contributed by atoms with E-state index in [1.807, 2.05) is 0 Å². The molecule has 2 saturated heterocycles. The highest BCUT2D eigenvalue weighted by atomic mass is 32.1. The van der Waals surface area contributed by atoms with Crippen LogP contribution in [0.4, 0.5) is 5.13 Å². The number of amides is 2. The highest BCUT2D eigenvalue weighted by Gasteiger charge is 2.63. The van der Waals surface area contributed by atoms with Crippen LogP contribution in [-0.4, -0.2) is 81.3 Å². The number of cyclic esters (lactones) is 1. The molecular formula is C15H17N5O9S. The Bertz CT molecular complexity index is 933. The van der Waals surface area contributed by atoms with Gasteiger partial charge in [-0.3, -0.25) is 19.2 Å². The molecule has 0 saturated carbocycles. The Balaban J connectivity index is 1.88. The fourth-order valence-corrected chi connectivity index (χ4v) is 3.46. The highest BCUT2D eigenvalue weighted by molar-refractivity contribution is 7.13. The van der Waals surface area contributed by atoms with Crippen molar-refractivity contribution in [2.24, 2.45) is 5.16 Å². The normalized spacial score (nSPS) is 26.6. The molecule has 1 aromatic heterocycles. The molecule has 0 bridgehead atoms. The monoisotopic (exact) mass is 443 g/mol. The SMILES string of the molecule is CO/N=C(\C(=O)N[C@@]1(CO)CON(C2(C(=O)O)CCC(=O)O2)C1=O)c1csc(N)n1. The van der Waals surface area contributed by atoms with Crippen molar-refractivity contribution >= 4 is 45.9 Å². The third-order valence-electron chi connectivity index (χ3n) is 4.43. The standard InChI is InChI=1S/C15H17N5O9S/c1-27-19-9(7-4-30-13(16)17-7)10(23)18-14(5-21)6-28-20(11(14)24)15(12(25)26)3-2-8(22)29-15/h4,21H,2-3,5-6H2,1H3,(H2,16,17)(H,18,23)(H,25,26)/b19-9-/t14-,15?/m0/s1. The van der Waals surface area contributed by atoms with Crippen molar-refractivity contribution in [2.75, 3.05) is 26.1 Å². The Morgan fingerprint density at radius 3 is 2.73 bits per heavy atom. The molecule has 1 aromatic rings.